The Kier molecular flexibility index (Phi) is 9.82. The van der Waals surface area contributed by atoms with Crippen molar-refractivity contribution in [3.63, 3.8) is 0 Å². The third-order valence-electron chi connectivity index (χ3n) is 5.07. The third-order valence-corrected chi connectivity index (χ3v) is 5.07. The van der Waals surface area contributed by atoms with E-state index in [1.54, 1.807) is 6.07 Å². The van der Waals surface area contributed by atoms with Crippen LogP contribution in [0.2, 0.25) is 0 Å². The molecule has 1 amide bonds. The minimum Gasteiger partial charge on any atom is -0.379 e. The topological polar surface area (TPSA) is 58.8 Å². The Morgan fingerprint density at radius 2 is 1.85 bits per heavy atom. The fourth-order valence-corrected chi connectivity index (χ4v) is 3.58. The second-order valence-electron chi connectivity index (χ2n) is 6.61. The molecule has 0 aliphatic carbocycles. The molecule has 2 heterocycles. The van der Waals surface area contributed by atoms with Crippen LogP contribution in [0.5, 0.6) is 0 Å². The number of benzene rings is 1. The van der Waals surface area contributed by atoms with Crippen LogP contribution in [0.4, 0.5) is 4.39 Å². The van der Waals surface area contributed by atoms with E-state index in [1.807, 2.05) is 11.0 Å². The molecule has 1 atom stereocenters. The quantitative estimate of drug-likeness (QED) is 0.831. The largest absolute Gasteiger partial charge is 0.379 e. The Morgan fingerprint density at radius 3 is 2.42 bits per heavy atom. The molecule has 0 bridgehead atoms. The molecule has 8 heteroatoms. The zero-order valence-electron chi connectivity index (χ0n) is 14.8. The van der Waals surface area contributed by atoms with Gasteiger partial charge in [0.2, 0.25) is 5.91 Å². The lowest BCUT2D eigenvalue weighted by molar-refractivity contribution is -0.140. The van der Waals surface area contributed by atoms with Crippen molar-refractivity contribution < 1.29 is 13.9 Å². The summed E-state index contributed by atoms with van der Waals surface area (Å²) in [6.07, 6.45) is 1.89. The second-order valence-corrected chi connectivity index (χ2v) is 6.61. The number of amides is 1. The van der Waals surface area contributed by atoms with Crippen molar-refractivity contribution in [1.82, 2.24) is 9.80 Å². The van der Waals surface area contributed by atoms with Gasteiger partial charge in [-0.05, 0) is 43.0 Å². The molecule has 2 aliphatic rings. The summed E-state index contributed by atoms with van der Waals surface area (Å²) in [6, 6.07) is 5.97. The smallest absolute Gasteiger partial charge is 0.244 e. The van der Waals surface area contributed by atoms with E-state index < -0.39 is 6.04 Å². The highest BCUT2D eigenvalue weighted by atomic mass is 35.5. The number of morpholine rings is 1. The first-order valence-corrected chi connectivity index (χ1v) is 8.75. The first-order chi connectivity index (χ1) is 11.7. The summed E-state index contributed by atoms with van der Waals surface area (Å²) in [5.41, 5.74) is 6.47. The van der Waals surface area contributed by atoms with E-state index in [1.165, 1.54) is 12.1 Å². The van der Waals surface area contributed by atoms with Crippen LogP contribution in [0.25, 0.3) is 0 Å². The van der Waals surface area contributed by atoms with E-state index >= 15 is 0 Å². The highest BCUT2D eigenvalue weighted by Crippen LogP contribution is 2.27. The summed E-state index contributed by atoms with van der Waals surface area (Å²) in [7, 11) is 0. The van der Waals surface area contributed by atoms with Gasteiger partial charge in [-0.1, -0.05) is 12.1 Å². The summed E-state index contributed by atoms with van der Waals surface area (Å²) in [5.74, 6) is 0.267. The number of rotatable bonds is 4. The number of hydrogen-bond acceptors (Lipinski definition) is 4. The monoisotopic (exact) mass is 407 g/mol. The average Bonchev–Trinajstić information content (AvgIpc) is 2.63. The lowest BCUT2D eigenvalue weighted by atomic mass is 9.95. The minimum atomic E-state index is -0.431. The molecule has 2 N–H and O–H groups in total. The van der Waals surface area contributed by atoms with Crippen LogP contribution in [0, 0.1) is 11.7 Å². The molecule has 0 spiro atoms. The van der Waals surface area contributed by atoms with Crippen molar-refractivity contribution in [2.75, 3.05) is 45.9 Å². The van der Waals surface area contributed by atoms with Crippen molar-refractivity contribution in [3.8, 4) is 0 Å². The minimum absolute atomic E-state index is 0. The van der Waals surface area contributed by atoms with Gasteiger partial charge in [0.1, 0.15) is 11.9 Å². The van der Waals surface area contributed by atoms with Crippen molar-refractivity contribution in [2.24, 2.45) is 11.7 Å². The fraction of sp³-hybridized carbons (Fsp3) is 0.611. The van der Waals surface area contributed by atoms with Crippen molar-refractivity contribution in [2.45, 2.75) is 18.9 Å². The van der Waals surface area contributed by atoms with Gasteiger partial charge in [0, 0.05) is 26.2 Å². The Morgan fingerprint density at radius 1 is 1.19 bits per heavy atom. The Bertz CT molecular complexity index is 565. The predicted octanol–water partition coefficient (Wildman–Crippen LogP) is 2.24. The van der Waals surface area contributed by atoms with Gasteiger partial charge >= 0.3 is 0 Å². The predicted molar refractivity (Wildman–Crippen MR) is 104 cm³/mol. The number of carbonyl (C=O) groups excluding carboxylic acids is 1. The lowest BCUT2D eigenvalue weighted by Gasteiger charge is -2.39. The molecular weight excluding hydrogens is 380 g/mol. The zero-order chi connectivity index (χ0) is 16.9. The van der Waals surface area contributed by atoms with Crippen LogP contribution >= 0.6 is 24.8 Å². The molecule has 1 aromatic carbocycles. The molecule has 0 radical (unpaired) electrons. The average molecular weight is 408 g/mol. The molecule has 0 aromatic heterocycles. The van der Waals surface area contributed by atoms with E-state index in [2.05, 4.69) is 4.90 Å². The SMILES string of the molecule is Cl.Cl.NCC1CCN(C(=O)C(c2cccc(F)c2)N2CCOCC2)CC1. The molecule has 2 saturated heterocycles. The Hall–Kier alpha value is -0.920. The normalized spacial score (nSPS) is 20.0. The van der Waals surface area contributed by atoms with E-state index in [0.717, 1.165) is 31.5 Å². The van der Waals surface area contributed by atoms with Crippen LogP contribution in [-0.2, 0) is 9.53 Å². The summed E-state index contributed by atoms with van der Waals surface area (Å²) in [4.78, 5) is 17.2. The zero-order valence-corrected chi connectivity index (χ0v) is 16.4. The highest BCUT2D eigenvalue weighted by Gasteiger charge is 2.34. The Balaban J connectivity index is 0.00000169. The standard InChI is InChI=1S/C18H26FN3O2.2ClH/c19-16-3-1-2-15(12-16)17(21-8-10-24-11-9-21)18(23)22-6-4-14(13-20)5-7-22;;/h1-3,12,14,17H,4-11,13,20H2;2*1H. The number of carbonyl (C=O) groups is 1. The maximum Gasteiger partial charge on any atom is 0.244 e. The highest BCUT2D eigenvalue weighted by molar-refractivity contribution is 5.85. The molecule has 148 valence electrons. The summed E-state index contributed by atoms with van der Waals surface area (Å²) >= 11 is 0. The van der Waals surface area contributed by atoms with Gasteiger partial charge in [-0.3, -0.25) is 9.69 Å². The van der Waals surface area contributed by atoms with Gasteiger partial charge in [-0.25, -0.2) is 4.39 Å². The van der Waals surface area contributed by atoms with Crippen molar-refractivity contribution in [1.29, 1.82) is 0 Å². The maximum atomic E-state index is 13.7. The van der Waals surface area contributed by atoms with Gasteiger partial charge in [0.05, 0.1) is 13.2 Å². The first kappa shape index (κ1) is 23.1. The molecule has 1 unspecified atom stereocenters. The fourth-order valence-electron chi connectivity index (χ4n) is 3.58. The first-order valence-electron chi connectivity index (χ1n) is 8.75. The van der Waals surface area contributed by atoms with Crippen LogP contribution < -0.4 is 5.73 Å². The van der Waals surface area contributed by atoms with E-state index in [4.69, 9.17) is 10.5 Å². The van der Waals surface area contributed by atoms with Crippen LogP contribution in [0.1, 0.15) is 24.4 Å². The molecule has 3 rings (SSSR count). The van der Waals surface area contributed by atoms with Gasteiger partial charge in [0.25, 0.3) is 0 Å². The summed E-state index contributed by atoms with van der Waals surface area (Å²) < 4.78 is 19.1. The van der Waals surface area contributed by atoms with Crippen molar-refractivity contribution in [3.05, 3.63) is 35.6 Å². The van der Waals surface area contributed by atoms with Crippen molar-refractivity contribution >= 4 is 30.7 Å². The molecule has 2 aliphatic heterocycles. The number of hydrogen-bond donors (Lipinski definition) is 1. The number of likely N-dealkylation sites (tertiary alicyclic amines) is 1. The van der Waals surface area contributed by atoms with E-state index in [-0.39, 0.29) is 36.5 Å². The van der Waals surface area contributed by atoms with Gasteiger partial charge < -0.3 is 15.4 Å². The lowest BCUT2D eigenvalue weighted by Crippen LogP contribution is -2.49. The van der Waals surface area contributed by atoms with Crippen LogP contribution in [-0.4, -0.2) is 61.6 Å². The summed E-state index contributed by atoms with van der Waals surface area (Å²) in [5, 5.41) is 0. The maximum absolute atomic E-state index is 13.7. The van der Waals surface area contributed by atoms with E-state index in [0.29, 0.717) is 38.8 Å². The molecule has 26 heavy (non-hydrogen) atoms. The molecule has 5 nitrogen and oxygen atoms in total. The van der Waals surface area contributed by atoms with Gasteiger partial charge in [0.15, 0.2) is 0 Å². The van der Waals surface area contributed by atoms with Crippen LogP contribution in [0.15, 0.2) is 24.3 Å². The third kappa shape index (κ3) is 5.54. The molecule has 0 saturated carbocycles. The number of halogens is 3. The number of ether oxygens (including phenoxy) is 1. The van der Waals surface area contributed by atoms with E-state index in [9.17, 15) is 9.18 Å². The molecular formula is C18H28Cl2FN3O2. The number of piperidine rings is 1. The van der Waals surface area contributed by atoms with Gasteiger partial charge in [-0.15, -0.1) is 24.8 Å². The number of nitrogens with zero attached hydrogens (tertiary/aromatic N) is 2. The molecule has 2 fully saturated rings. The molecule has 1 aromatic rings. The second kappa shape index (κ2) is 11.0. The number of nitrogens with two attached hydrogens (primary N) is 1. The van der Waals surface area contributed by atoms with Gasteiger partial charge in [-0.2, -0.15) is 0 Å². The van der Waals surface area contributed by atoms with Crippen LogP contribution in [0.3, 0.4) is 0 Å². The summed E-state index contributed by atoms with van der Waals surface area (Å²) in [6.45, 7) is 4.73. The Labute approximate surface area is 166 Å².